The largest absolute Gasteiger partial charge is 0.481 e. The molecule has 24 heavy (non-hydrogen) atoms. The third-order valence-corrected chi connectivity index (χ3v) is 4.60. The SMILES string of the molecule is CNC(=O)[C@H](C)Oc1ccc(S(=O)(=O)NCCCOC(C)C)cc1. The van der Waals surface area contributed by atoms with Crippen LogP contribution in [0.15, 0.2) is 29.2 Å². The van der Waals surface area contributed by atoms with E-state index in [2.05, 4.69) is 10.0 Å². The summed E-state index contributed by atoms with van der Waals surface area (Å²) in [4.78, 5) is 11.5. The van der Waals surface area contributed by atoms with Gasteiger partial charge in [0.05, 0.1) is 11.0 Å². The van der Waals surface area contributed by atoms with E-state index in [0.29, 0.717) is 25.3 Å². The minimum atomic E-state index is -3.57. The lowest BCUT2D eigenvalue weighted by atomic mass is 10.3. The number of sulfonamides is 1. The first-order valence-electron chi connectivity index (χ1n) is 7.86. The highest BCUT2D eigenvalue weighted by atomic mass is 32.2. The van der Waals surface area contributed by atoms with Gasteiger partial charge in [0.25, 0.3) is 5.91 Å². The molecule has 0 aliphatic heterocycles. The molecule has 136 valence electrons. The minimum Gasteiger partial charge on any atom is -0.481 e. The number of benzene rings is 1. The molecule has 0 spiro atoms. The first-order valence-corrected chi connectivity index (χ1v) is 9.34. The summed E-state index contributed by atoms with van der Waals surface area (Å²) < 4.78 is 37.6. The lowest BCUT2D eigenvalue weighted by Gasteiger charge is -2.13. The minimum absolute atomic E-state index is 0.131. The second-order valence-electron chi connectivity index (χ2n) is 5.52. The molecule has 1 aromatic rings. The summed E-state index contributed by atoms with van der Waals surface area (Å²) in [6.07, 6.45) is 0.0743. The van der Waals surface area contributed by atoms with E-state index < -0.39 is 16.1 Å². The number of hydrogen-bond acceptors (Lipinski definition) is 5. The number of rotatable bonds is 10. The van der Waals surface area contributed by atoms with Crippen LogP contribution in [-0.4, -0.2) is 46.7 Å². The van der Waals surface area contributed by atoms with Gasteiger partial charge in [-0.25, -0.2) is 13.1 Å². The Morgan fingerprint density at radius 2 is 1.79 bits per heavy atom. The highest BCUT2D eigenvalue weighted by Gasteiger charge is 2.15. The summed E-state index contributed by atoms with van der Waals surface area (Å²) in [7, 11) is -2.04. The highest BCUT2D eigenvalue weighted by Crippen LogP contribution is 2.17. The van der Waals surface area contributed by atoms with E-state index in [-0.39, 0.29) is 16.9 Å². The summed E-state index contributed by atoms with van der Waals surface area (Å²) in [5, 5.41) is 2.48. The number of hydrogen-bond donors (Lipinski definition) is 2. The fourth-order valence-electron chi connectivity index (χ4n) is 1.84. The molecule has 8 heteroatoms. The molecule has 2 N–H and O–H groups in total. The highest BCUT2D eigenvalue weighted by molar-refractivity contribution is 7.89. The van der Waals surface area contributed by atoms with Crippen LogP contribution >= 0.6 is 0 Å². The van der Waals surface area contributed by atoms with E-state index in [0.717, 1.165) is 0 Å². The normalized spacial score (nSPS) is 12.9. The first-order chi connectivity index (χ1) is 11.3. The predicted octanol–water partition coefficient (Wildman–Crippen LogP) is 1.29. The number of nitrogens with one attached hydrogen (secondary N) is 2. The molecule has 0 saturated heterocycles. The van der Waals surface area contributed by atoms with Gasteiger partial charge in [-0.3, -0.25) is 4.79 Å². The summed E-state index contributed by atoms with van der Waals surface area (Å²) in [6.45, 7) is 6.28. The third kappa shape index (κ3) is 6.86. The van der Waals surface area contributed by atoms with Crippen LogP contribution in [0.25, 0.3) is 0 Å². The molecule has 0 aliphatic carbocycles. The molecule has 0 bridgehead atoms. The molecule has 7 nitrogen and oxygen atoms in total. The average Bonchev–Trinajstić information content (AvgIpc) is 2.53. The van der Waals surface area contributed by atoms with E-state index >= 15 is 0 Å². The molecule has 0 fully saturated rings. The van der Waals surface area contributed by atoms with Gasteiger partial charge in [0, 0.05) is 20.2 Å². The Bertz CT molecular complexity index is 614. The summed E-state index contributed by atoms with van der Waals surface area (Å²) in [5.74, 6) is 0.173. The van der Waals surface area contributed by atoms with E-state index in [1.54, 1.807) is 6.92 Å². The van der Waals surface area contributed by atoms with Crippen LogP contribution in [-0.2, 0) is 19.6 Å². The van der Waals surface area contributed by atoms with Crippen molar-refractivity contribution in [3.63, 3.8) is 0 Å². The number of ether oxygens (including phenoxy) is 2. The van der Waals surface area contributed by atoms with Gasteiger partial charge < -0.3 is 14.8 Å². The maximum Gasteiger partial charge on any atom is 0.260 e. The standard InChI is InChI=1S/C16H26N2O5S/c1-12(2)22-11-5-10-18-24(20,21)15-8-6-14(7-9-15)23-13(3)16(19)17-4/h6-9,12-13,18H,5,10-11H2,1-4H3,(H,17,19)/t13-/m0/s1. The van der Waals surface area contributed by atoms with E-state index in [9.17, 15) is 13.2 Å². The topological polar surface area (TPSA) is 93.7 Å². The van der Waals surface area contributed by atoms with Crippen molar-refractivity contribution in [2.24, 2.45) is 0 Å². The summed E-state index contributed by atoms with van der Waals surface area (Å²) in [6, 6.07) is 5.93. The number of carbonyl (C=O) groups excluding carboxylic acids is 1. The van der Waals surface area contributed by atoms with Crippen LogP contribution in [0.1, 0.15) is 27.2 Å². The van der Waals surface area contributed by atoms with Crippen molar-refractivity contribution in [1.29, 1.82) is 0 Å². The second-order valence-corrected chi connectivity index (χ2v) is 7.28. The summed E-state index contributed by atoms with van der Waals surface area (Å²) in [5.41, 5.74) is 0. The van der Waals surface area contributed by atoms with Crippen molar-refractivity contribution >= 4 is 15.9 Å². The molecule has 0 aromatic heterocycles. The molecular formula is C16H26N2O5S. The number of likely N-dealkylation sites (N-methyl/N-ethyl adjacent to an activating group) is 1. The molecule has 0 saturated carbocycles. The Hall–Kier alpha value is -1.64. The maximum absolute atomic E-state index is 12.2. The van der Waals surface area contributed by atoms with E-state index in [1.807, 2.05) is 13.8 Å². The van der Waals surface area contributed by atoms with Gasteiger partial charge in [0.1, 0.15) is 5.75 Å². The molecular weight excluding hydrogens is 332 g/mol. The molecule has 1 aromatic carbocycles. The van der Waals surface area contributed by atoms with Gasteiger partial charge in [-0.05, 0) is 51.5 Å². The zero-order chi connectivity index (χ0) is 18.2. The molecule has 1 amide bonds. The molecule has 1 rings (SSSR count). The van der Waals surface area contributed by atoms with Gasteiger partial charge >= 0.3 is 0 Å². The van der Waals surface area contributed by atoms with Crippen LogP contribution in [0.4, 0.5) is 0 Å². The molecule has 0 heterocycles. The van der Waals surface area contributed by atoms with Gasteiger partial charge in [-0.1, -0.05) is 0 Å². The van der Waals surface area contributed by atoms with Gasteiger partial charge in [0.2, 0.25) is 10.0 Å². The average molecular weight is 358 g/mol. The summed E-state index contributed by atoms with van der Waals surface area (Å²) >= 11 is 0. The van der Waals surface area contributed by atoms with Gasteiger partial charge in [-0.15, -0.1) is 0 Å². The molecule has 1 atom stereocenters. The van der Waals surface area contributed by atoms with Crippen molar-refractivity contribution in [1.82, 2.24) is 10.0 Å². The Morgan fingerprint density at radius 1 is 1.17 bits per heavy atom. The fourth-order valence-corrected chi connectivity index (χ4v) is 2.91. The van der Waals surface area contributed by atoms with Crippen molar-refractivity contribution in [2.45, 2.75) is 44.3 Å². The van der Waals surface area contributed by atoms with Crippen LogP contribution < -0.4 is 14.8 Å². The smallest absolute Gasteiger partial charge is 0.260 e. The Kier molecular flexibility index (Phi) is 8.17. The van der Waals surface area contributed by atoms with Crippen LogP contribution in [0, 0.1) is 0 Å². The monoisotopic (exact) mass is 358 g/mol. The third-order valence-electron chi connectivity index (χ3n) is 3.13. The van der Waals surface area contributed by atoms with Crippen LogP contribution in [0.2, 0.25) is 0 Å². The molecule has 0 unspecified atom stereocenters. The van der Waals surface area contributed by atoms with Crippen LogP contribution in [0.3, 0.4) is 0 Å². The quantitative estimate of drug-likeness (QED) is 0.615. The van der Waals surface area contributed by atoms with E-state index in [4.69, 9.17) is 9.47 Å². The fraction of sp³-hybridized carbons (Fsp3) is 0.562. The zero-order valence-electron chi connectivity index (χ0n) is 14.5. The number of amides is 1. The van der Waals surface area contributed by atoms with Crippen molar-refractivity contribution in [2.75, 3.05) is 20.2 Å². The van der Waals surface area contributed by atoms with Crippen molar-refractivity contribution < 1.29 is 22.7 Å². The Balaban J connectivity index is 2.55. The maximum atomic E-state index is 12.2. The molecule has 0 radical (unpaired) electrons. The van der Waals surface area contributed by atoms with Gasteiger partial charge in [-0.2, -0.15) is 0 Å². The Labute approximate surface area is 143 Å². The van der Waals surface area contributed by atoms with Crippen LogP contribution in [0.5, 0.6) is 5.75 Å². The first kappa shape index (κ1) is 20.4. The zero-order valence-corrected chi connectivity index (χ0v) is 15.4. The van der Waals surface area contributed by atoms with Crippen molar-refractivity contribution in [3.05, 3.63) is 24.3 Å². The second kappa shape index (κ2) is 9.61. The van der Waals surface area contributed by atoms with E-state index in [1.165, 1.54) is 31.3 Å². The van der Waals surface area contributed by atoms with Gasteiger partial charge in [0.15, 0.2) is 6.10 Å². The van der Waals surface area contributed by atoms with Crippen molar-refractivity contribution in [3.8, 4) is 5.75 Å². The predicted molar refractivity (Wildman–Crippen MR) is 91.5 cm³/mol. The lowest BCUT2D eigenvalue weighted by molar-refractivity contribution is -0.126. The lowest BCUT2D eigenvalue weighted by Crippen LogP contribution is -2.33. The molecule has 0 aliphatic rings. The number of carbonyl (C=O) groups is 1. The Morgan fingerprint density at radius 3 is 2.33 bits per heavy atom.